The molecule has 1 heterocycles. The van der Waals surface area contributed by atoms with Crippen molar-refractivity contribution in [3.63, 3.8) is 0 Å². The second-order valence-corrected chi connectivity index (χ2v) is 4.85. The fourth-order valence-electron chi connectivity index (χ4n) is 3.03. The lowest BCUT2D eigenvalue weighted by Crippen LogP contribution is -2.37. The van der Waals surface area contributed by atoms with Crippen molar-refractivity contribution < 1.29 is 4.79 Å². The molecular weight excluding hydrogens is 210 g/mol. The molecule has 0 spiro atoms. The highest BCUT2D eigenvalue weighted by atomic mass is 16.2. The molecule has 1 amide bonds. The smallest absolute Gasteiger partial charge is 0.219 e. The minimum atomic E-state index is 0.224. The molecule has 1 aliphatic rings. The molecule has 92 valence electrons. The predicted molar refractivity (Wildman–Crippen MR) is 69.9 cm³/mol. The highest BCUT2D eigenvalue weighted by Crippen LogP contribution is 2.33. The van der Waals surface area contributed by atoms with Gasteiger partial charge in [-0.15, -0.1) is 0 Å². The Balaban J connectivity index is 2.21. The van der Waals surface area contributed by atoms with E-state index in [1.807, 2.05) is 6.07 Å². The number of amides is 1. The lowest BCUT2D eigenvalue weighted by molar-refractivity contribution is -0.130. The SMILES string of the molecule is CC[C@@H](c1ccccc1)[C@H]1CCCN1C(C)=O. The first-order valence-corrected chi connectivity index (χ1v) is 6.56. The molecular formula is C15H21NO. The van der Waals surface area contributed by atoms with Crippen LogP contribution in [0.15, 0.2) is 30.3 Å². The molecule has 1 aromatic carbocycles. The van der Waals surface area contributed by atoms with E-state index in [1.54, 1.807) is 6.92 Å². The Morgan fingerprint density at radius 3 is 2.71 bits per heavy atom. The zero-order valence-corrected chi connectivity index (χ0v) is 10.7. The van der Waals surface area contributed by atoms with Crippen LogP contribution < -0.4 is 0 Å². The van der Waals surface area contributed by atoms with Crippen molar-refractivity contribution in [2.45, 2.75) is 45.1 Å². The quantitative estimate of drug-likeness (QED) is 0.782. The van der Waals surface area contributed by atoms with Crippen LogP contribution in [0.5, 0.6) is 0 Å². The van der Waals surface area contributed by atoms with E-state index in [2.05, 4.69) is 36.1 Å². The van der Waals surface area contributed by atoms with Gasteiger partial charge in [-0.2, -0.15) is 0 Å². The van der Waals surface area contributed by atoms with Gasteiger partial charge >= 0.3 is 0 Å². The Morgan fingerprint density at radius 2 is 2.12 bits per heavy atom. The summed E-state index contributed by atoms with van der Waals surface area (Å²) in [4.78, 5) is 13.7. The van der Waals surface area contributed by atoms with Crippen molar-refractivity contribution in [3.8, 4) is 0 Å². The van der Waals surface area contributed by atoms with E-state index in [0.717, 1.165) is 25.8 Å². The van der Waals surface area contributed by atoms with E-state index in [9.17, 15) is 4.79 Å². The molecule has 2 rings (SSSR count). The first kappa shape index (κ1) is 12.2. The summed E-state index contributed by atoms with van der Waals surface area (Å²) in [7, 11) is 0. The van der Waals surface area contributed by atoms with E-state index in [0.29, 0.717) is 12.0 Å². The molecule has 0 bridgehead atoms. The fourth-order valence-corrected chi connectivity index (χ4v) is 3.03. The summed E-state index contributed by atoms with van der Waals surface area (Å²) >= 11 is 0. The number of benzene rings is 1. The van der Waals surface area contributed by atoms with Crippen molar-refractivity contribution >= 4 is 5.91 Å². The van der Waals surface area contributed by atoms with Gasteiger partial charge in [0.15, 0.2) is 0 Å². The van der Waals surface area contributed by atoms with Crippen LogP contribution in [-0.4, -0.2) is 23.4 Å². The maximum atomic E-state index is 11.6. The van der Waals surface area contributed by atoms with Crippen LogP contribution in [0.3, 0.4) is 0 Å². The van der Waals surface area contributed by atoms with Gasteiger partial charge in [0.1, 0.15) is 0 Å². The zero-order chi connectivity index (χ0) is 12.3. The van der Waals surface area contributed by atoms with Gasteiger partial charge in [0.25, 0.3) is 0 Å². The first-order chi connectivity index (χ1) is 8.24. The summed E-state index contributed by atoms with van der Waals surface area (Å²) in [5.74, 6) is 0.712. The Morgan fingerprint density at radius 1 is 1.41 bits per heavy atom. The summed E-state index contributed by atoms with van der Waals surface area (Å²) < 4.78 is 0. The van der Waals surface area contributed by atoms with Crippen LogP contribution in [0.4, 0.5) is 0 Å². The third kappa shape index (κ3) is 2.51. The predicted octanol–water partition coefficient (Wildman–Crippen LogP) is 3.19. The van der Waals surface area contributed by atoms with Crippen molar-refractivity contribution in [1.29, 1.82) is 0 Å². The monoisotopic (exact) mass is 231 g/mol. The van der Waals surface area contributed by atoms with Crippen LogP contribution in [0.1, 0.15) is 44.6 Å². The molecule has 0 aliphatic carbocycles. The normalized spacial score (nSPS) is 21.5. The van der Waals surface area contributed by atoms with Gasteiger partial charge in [0.2, 0.25) is 5.91 Å². The fraction of sp³-hybridized carbons (Fsp3) is 0.533. The van der Waals surface area contributed by atoms with Crippen molar-refractivity contribution in [2.75, 3.05) is 6.54 Å². The minimum absolute atomic E-state index is 0.224. The van der Waals surface area contributed by atoms with Gasteiger partial charge in [0, 0.05) is 25.4 Å². The summed E-state index contributed by atoms with van der Waals surface area (Å²) in [6.45, 7) is 4.84. The van der Waals surface area contributed by atoms with E-state index in [4.69, 9.17) is 0 Å². The third-order valence-corrected chi connectivity index (χ3v) is 3.84. The van der Waals surface area contributed by atoms with E-state index in [1.165, 1.54) is 5.56 Å². The Labute approximate surface area is 104 Å². The van der Waals surface area contributed by atoms with Crippen LogP contribution in [0, 0.1) is 0 Å². The van der Waals surface area contributed by atoms with Crippen LogP contribution in [-0.2, 0) is 4.79 Å². The lowest BCUT2D eigenvalue weighted by atomic mass is 9.88. The highest BCUT2D eigenvalue weighted by Gasteiger charge is 2.32. The number of carbonyl (C=O) groups excluding carboxylic acids is 1. The molecule has 0 aromatic heterocycles. The summed E-state index contributed by atoms with van der Waals surface area (Å²) in [5.41, 5.74) is 1.37. The maximum absolute atomic E-state index is 11.6. The molecule has 1 fully saturated rings. The topological polar surface area (TPSA) is 20.3 Å². The first-order valence-electron chi connectivity index (χ1n) is 6.56. The molecule has 1 aliphatic heterocycles. The number of likely N-dealkylation sites (tertiary alicyclic amines) is 1. The number of hydrogen-bond acceptors (Lipinski definition) is 1. The van der Waals surface area contributed by atoms with Gasteiger partial charge in [-0.25, -0.2) is 0 Å². The average Bonchev–Trinajstić information content (AvgIpc) is 2.81. The van der Waals surface area contributed by atoms with Crippen LogP contribution in [0.2, 0.25) is 0 Å². The molecule has 0 unspecified atom stereocenters. The van der Waals surface area contributed by atoms with Gasteiger partial charge < -0.3 is 4.90 Å². The van der Waals surface area contributed by atoms with Gasteiger partial charge in [0.05, 0.1) is 0 Å². The Kier molecular flexibility index (Phi) is 3.82. The minimum Gasteiger partial charge on any atom is -0.339 e. The third-order valence-electron chi connectivity index (χ3n) is 3.84. The number of rotatable bonds is 3. The molecule has 2 nitrogen and oxygen atoms in total. The Bertz CT molecular complexity index is 374. The largest absolute Gasteiger partial charge is 0.339 e. The van der Waals surface area contributed by atoms with Crippen molar-refractivity contribution in [2.24, 2.45) is 0 Å². The molecule has 0 radical (unpaired) electrons. The number of nitrogens with zero attached hydrogens (tertiary/aromatic N) is 1. The van der Waals surface area contributed by atoms with Crippen molar-refractivity contribution in [1.82, 2.24) is 4.90 Å². The average molecular weight is 231 g/mol. The second kappa shape index (κ2) is 5.35. The summed E-state index contributed by atoms with van der Waals surface area (Å²) in [6.07, 6.45) is 3.39. The van der Waals surface area contributed by atoms with Gasteiger partial charge in [-0.3, -0.25) is 4.79 Å². The maximum Gasteiger partial charge on any atom is 0.219 e. The zero-order valence-electron chi connectivity index (χ0n) is 10.7. The lowest BCUT2D eigenvalue weighted by Gasteiger charge is -2.30. The van der Waals surface area contributed by atoms with Crippen molar-refractivity contribution in [3.05, 3.63) is 35.9 Å². The standard InChI is InChI=1S/C15H21NO/c1-3-14(13-8-5-4-6-9-13)15-10-7-11-16(15)12(2)17/h4-6,8-9,14-15H,3,7,10-11H2,1-2H3/t14-,15+/m0/s1. The molecule has 1 aromatic rings. The number of hydrogen-bond donors (Lipinski definition) is 0. The molecule has 2 heteroatoms. The van der Waals surface area contributed by atoms with Gasteiger partial charge in [-0.1, -0.05) is 37.3 Å². The van der Waals surface area contributed by atoms with E-state index >= 15 is 0 Å². The van der Waals surface area contributed by atoms with Gasteiger partial charge in [-0.05, 0) is 24.8 Å². The summed E-state index contributed by atoms with van der Waals surface area (Å²) in [5, 5.41) is 0. The van der Waals surface area contributed by atoms with E-state index < -0.39 is 0 Å². The number of carbonyl (C=O) groups is 1. The molecule has 0 N–H and O–H groups in total. The molecule has 0 saturated carbocycles. The highest BCUT2D eigenvalue weighted by molar-refractivity contribution is 5.74. The summed E-state index contributed by atoms with van der Waals surface area (Å²) in [6, 6.07) is 11.0. The van der Waals surface area contributed by atoms with E-state index in [-0.39, 0.29) is 5.91 Å². The molecule has 17 heavy (non-hydrogen) atoms. The van der Waals surface area contributed by atoms with Crippen LogP contribution in [0.25, 0.3) is 0 Å². The molecule has 2 atom stereocenters. The van der Waals surface area contributed by atoms with Crippen LogP contribution >= 0.6 is 0 Å². The second-order valence-electron chi connectivity index (χ2n) is 4.85. The Hall–Kier alpha value is -1.31. The molecule has 1 saturated heterocycles.